The summed E-state index contributed by atoms with van der Waals surface area (Å²) in [4.78, 5) is 13.0. The molecule has 1 heterocycles. The summed E-state index contributed by atoms with van der Waals surface area (Å²) in [5.41, 5.74) is 2.59. The van der Waals surface area contributed by atoms with Gasteiger partial charge in [0.15, 0.2) is 0 Å². The Balaban J connectivity index is 2.16. The van der Waals surface area contributed by atoms with Crippen molar-refractivity contribution in [1.82, 2.24) is 15.1 Å². The predicted octanol–water partition coefficient (Wildman–Crippen LogP) is 4.08. The molecule has 0 saturated carbocycles. The number of hydrogen-bond donors (Lipinski definition) is 1. The quantitative estimate of drug-likeness (QED) is 0.672. The highest BCUT2D eigenvalue weighted by Crippen LogP contribution is 2.35. The number of carbonyl (C=O) groups excluding carboxylic acids is 1. The fraction of sp³-hybridized carbons (Fsp3) is 0.273. The molecule has 2 aromatic carbocycles. The Hall–Kier alpha value is -3.28. The Kier molecular flexibility index (Phi) is 5.99. The molecule has 6 nitrogen and oxygen atoms in total. The van der Waals surface area contributed by atoms with Gasteiger partial charge in [-0.05, 0) is 43.7 Å². The van der Waals surface area contributed by atoms with Gasteiger partial charge in [0.25, 0.3) is 5.91 Å². The summed E-state index contributed by atoms with van der Waals surface area (Å²) in [5, 5.41) is 7.73. The summed E-state index contributed by atoms with van der Waals surface area (Å²) in [6.07, 6.45) is 2.59. The number of carbonyl (C=O) groups is 1. The highest BCUT2D eigenvalue weighted by molar-refractivity contribution is 6.00. The average molecular weight is 379 g/mol. The molecule has 3 aromatic rings. The van der Waals surface area contributed by atoms with Crippen LogP contribution in [0.25, 0.3) is 16.9 Å². The van der Waals surface area contributed by atoms with E-state index in [9.17, 15) is 4.79 Å². The van der Waals surface area contributed by atoms with Crippen LogP contribution in [0.1, 0.15) is 30.6 Å². The van der Waals surface area contributed by atoms with Crippen LogP contribution in [0.15, 0.2) is 54.7 Å². The normalized spacial score (nSPS) is 11.7. The number of para-hydroxylation sites is 1. The molecule has 0 aliphatic rings. The first kappa shape index (κ1) is 19.5. The molecule has 1 N–H and O–H groups in total. The van der Waals surface area contributed by atoms with Crippen LogP contribution in [0.4, 0.5) is 0 Å². The molecule has 1 amide bonds. The minimum Gasteiger partial charge on any atom is -0.497 e. The first-order valence-electron chi connectivity index (χ1n) is 9.25. The zero-order valence-corrected chi connectivity index (χ0v) is 16.6. The number of nitrogens with zero attached hydrogens (tertiary/aromatic N) is 2. The van der Waals surface area contributed by atoms with Crippen LogP contribution in [0.2, 0.25) is 0 Å². The minimum absolute atomic E-state index is 0.0626. The Bertz CT molecular complexity index is 951. The molecular weight excluding hydrogens is 354 g/mol. The average Bonchev–Trinajstić information content (AvgIpc) is 3.19. The van der Waals surface area contributed by atoms with E-state index in [1.54, 1.807) is 25.1 Å². The van der Waals surface area contributed by atoms with Crippen LogP contribution in [0, 0.1) is 0 Å². The lowest BCUT2D eigenvalue weighted by atomic mass is 10.1. The SMILES string of the molecule is CCC(C)NC(=O)c1cn(-c2ccccc2)nc1-c1cc(OC)ccc1OC. The van der Waals surface area contributed by atoms with E-state index in [-0.39, 0.29) is 11.9 Å². The second-order valence-corrected chi connectivity index (χ2v) is 6.52. The van der Waals surface area contributed by atoms with Gasteiger partial charge in [-0.15, -0.1) is 0 Å². The number of ether oxygens (including phenoxy) is 2. The van der Waals surface area contributed by atoms with Crippen molar-refractivity contribution in [2.45, 2.75) is 26.3 Å². The molecule has 0 saturated heterocycles. The van der Waals surface area contributed by atoms with Gasteiger partial charge in [0.1, 0.15) is 17.2 Å². The van der Waals surface area contributed by atoms with Crippen LogP contribution in [0.3, 0.4) is 0 Å². The molecule has 0 aliphatic heterocycles. The second-order valence-electron chi connectivity index (χ2n) is 6.52. The lowest BCUT2D eigenvalue weighted by molar-refractivity contribution is 0.0940. The Labute approximate surface area is 165 Å². The van der Waals surface area contributed by atoms with Crippen LogP contribution in [-0.2, 0) is 0 Å². The van der Waals surface area contributed by atoms with Crippen molar-refractivity contribution in [3.05, 3.63) is 60.3 Å². The highest BCUT2D eigenvalue weighted by atomic mass is 16.5. The topological polar surface area (TPSA) is 65.4 Å². The molecule has 28 heavy (non-hydrogen) atoms. The van der Waals surface area contributed by atoms with E-state index in [1.807, 2.05) is 62.4 Å². The highest BCUT2D eigenvalue weighted by Gasteiger charge is 2.22. The summed E-state index contributed by atoms with van der Waals surface area (Å²) < 4.78 is 12.6. The van der Waals surface area contributed by atoms with Gasteiger partial charge in [0, 0.05) is 17.8 Å². The van der Waals surface area contributed by atoms with E-state index < -0.39 is 0 Å². The van der Waals surface area contributed by atoms with Gasteiger partial charge in [0.2, 0.25) is 0 Å². The molecule has 3 rings (SSSR count). The first-order valence-corrected chi connectivity index (χ1v) is 9.25. The van der Waals surface area contributed by atoms with Crippen molar-refractivity contribution >= 4 is 5.91 Å². The number of aromatic nitrogens is 2. The van der Waals surface area contributed by atoms with Gasteiger partial charge >= 0.3 is 0 Å². The van der Waals surface area contributed by atoms with E-state index in [4.69, 9.17) is 14.6 Å². The standard InChI is InChI=1S/C22H25N3O3/c1-5-15(2)23-22(26)19-14-25(16-9-7-6-8-10-16)24-21(19)18-13-17(27-3)11-12-20(18)28-4/h6-15H,5H2,1-4H3,(H,23,26). The lowest BCUT2D eigenvalue weighted by Crippen LogP contribution is -2.32. The van der Waals surface area contributed by atoms with E-state index in [0.29, 0.717) is 28.3 Å². The van der Waals surface area contributed by atoms with Crippen LogP contribution in [-0.4, -0.2) is 35.9 Å². The molecule has 0 radical (unpaired) electrons. The van der Waals surface area contributed by atoms with Gasteiger partial charge in [-0.3, -0.25) is 4.79 Å². The Morgan fingerprint density at radius 1 is 1.14 bits per heavy atom. The Morgan fingerprint density at radius 2 is 1.89 bits per heavy atom. The summed E-state index contributed by atoms with van der Waals surface area (Å²) in [6, 6.07) is 15.2. The number of nitrogens with one attached hydrogen (secondary N) is 1. The smallest absolute Gasteiger partial charge is 0.255 e. The molecule has 1 aromatic heterocycles. The third-order valence-electron chi connectivity index (χ3n) is 4.63. The van der Waals surface area contributed by atoms with Crippen LogP contribution in [0.5, 0.6) is 11.5 Å². The summed E-state index contributed by atoms with van der Waals surface area (Å²) >= 11 is 0. The van der Waals surface area contributed by atoms with E-state index >= 15 is 0 Å². The zero-order chi connectivity index (χ0) is 20.1. The molecule has 0 fully saturated rings. The summed E-state index contributed by atoms with van der Waals surface area (Å²) in [5.74, 6) is 1.12. The van der Waals surface area contributed by atoms with Crippen LogP contribution >= 0.6 is 0 Å². The molecule has 1 unspecified atom stereocenters. The first-order chi connectivity index (χ1) is 13.6. The van der Waals surface area contributed by atoms with Crippen molar-refractivity contribution in [2.24, 2.45) is 0 Å². The molecule has 146 valence electrons. The van der Waals surface area contributed by atoms with Gasteiger partial charge in [-0.25, -0.2) is 4.68 Å². The molecule has 6 heteroatoms. The van der Waals surface area contributed by atoms with E-state index in [0.717, 1.165) is 12.1 Å². The third-order valence-corrected chi connectivity index (χ3v) is 4.63. The largest absolute Gasteiger partial charge is 0.497 e. The van der Waals surface area contributed by atoms with Gasteiger partial charge in [-0.1, -0.05) is 25.1 Å². The Morgan fingerprint density at radius 3 is 2.54 bits per heavy atom. The number of hydrogen-bond acceptors (Lipinski definition) is 4. The van der Waals surface area contributed by atoms with Gasteiger partial charge in [0.05, 0.1) is 25.5 Å². The van der Waals surface area contributed by atoms with E-state index in [2.05, 4.69) is 5.32 Å². The predicted molar refractivity (Wildman–Crippen MR) is 109 cm³/mol. The van der Waals surface area contributed by atoms with Gasteiger partial charge < -0.3 is 14.8 Å². The van der Waals surface area contributed by atoms with Crippen molar-refractivity contribution < 1.29 is 14.3 Å². The summed E-state index contributed by atoms with van der Waals surface area (Å²) in [6.45, 7) is 4.01. The molecule has 0 spiro atoms. The zero-order valence-electron chi connectivity index (χ0n) is 16.6. The van der Waals surface area contributed by atoms with Gasteiger partial charge in [-0.2, -0.15) is 5.10 Å². The van der Waals surface area contributed by atoms with Crippen molar-refractivity contribution in [3.63, 3.8) is 0 Å². The number of methoxy groups -OCH3 is 2. The number of benzene rings is 2. The second kappa shape index (κ2) is 8.61. The maximum Gasteiger partial charge on any atom is 0.255 e. The maximum absolute atomic E-state index is 13.0. The monoisotopic (exact) mass is 379 g/mol. The third kappa shape index (κ3) is 4.01. The minimum atomic E-state index is -0.170. The van der Waals surface area contributed by atoms with Crippen molar-refractivity contribution in [3.8, 4) is 28.4 Å². The number of rotatable bonds is 7. The molecule has 0 aliphatic carbocycles. The molecular formula is C22H25N3O3. The lowest BCUT2D eigenvalue weighted by Gasteiger charge is -2.13. The maximum atomic E-state index is 13.0. The fourth-order valence-corrected chi connectivity index (χ4v) is 2.85. The van der Waals surface area contributed by atoms with Crippen molar-refractivity contribution in [1.29, 1.82) is 0 Å². The molecule has 1 atom stereocenters. The fourth-order valence-electron chi connectivity index (χ4n) is 2.85. The number of amides is 1. The van der Waals surface area contributed by atoms with E-state index in [1.165, 1.54) is 0 Å². The molecule has 0 bridgehead atoms. The summed E-state index contributed by atoms with van der Waals surface area (Å²) in [7, 11) is 3.20. The van der Waals surface area contributed by atoms with Crippen LogP contribution < -0.4 is 14.8 Å². The van der Waals surface area contributed by atoms with Crippen molar-refractivity contribution in [2.75, 3.05) is 14.2 Å².